The van der Waals surface area contributed by atoms with E-state index in [0.29, 0.717) is 16.9 Å². The Bertz CT molecular complexity index is 782. The van der Waals surface area contributed by atoms with E-state index in [9.17, 15) is 14.4 Å². The molecule has 2 N–H and O–H groups in total. The fourth-order valence-corrected chi connectivity index (χ4v) is 3.43. The molecule has 25 heavy (non-hydrogen) atoms. The Kier molecular flexibility index (Phi) is 6.47. The Morgan fingerprint density at radius 1 is 1.20 bits per heavy atom. The molecule has 0 radical (unpaired) electrons. The van der Waals surface area contributed by atoms with Gasteiger partial charge in [0, 0.05) is 18.2 Å². The predicted octanol–water partition coefficient (Wildman–Crippen LogP) is 3.26. The summed E-state index contributed by atoms with van der Waals surface area (Å²) in [6.07, 6.45) is 1.36. The van der Waals surface area contributed by atoms with E-state index in [1.165, 1.54) is 18.3 Å². The van der Waals surface area contributed by atoms with Crippen LogP contribution in [0.5, 0.6) is 0 Å². The van der Waals surface area contributed by atoms with Crippen molar-refractivity contribution in [2.75, 3.05) is 7.05 Å². The number of rotatable bonds is 7. The second-order valence-electron chi connectivity index (χ2n) is 5.73. The standard InChI is InChI=1S/C19H22N2O3S/c1-4-6-16(19(24)20-3)21-18(23)14-8-5-7-13(11-14)15-9-10-25-17(15)12(2)22/h5,7-11,16H,4,6H2,1-3H3,(H,20,24)(H,21,23)/t16-/m0/s1. The quantitative estimate of drug-likeness (QED) is 0.746. The molecule has 0 unspecified atom stereocenters. The van der Waals surface area contributed by atoms with Crippen LogP contribution in [0.4, 0.5) is 0 Å². The smallest absolute Gasteiger partial charge is 0.251 e. The zero-order valence-corrected chi connectivity index (χ0v) is 15.4. The van der Waals surface area contributed by atoms with Crippen molar-refractivity contribution in [3.63, 3.8) is 0 Å². The number of carbonyl (C=O) groups excluding carboxylic acids is 3. The number of benzene rings is 1. The molecule has 2 rings (SSSR count). The van der Waals surface area contributed by atoms with Gasteiger partial charge in [-0.3, -0.25) is 14.4 Å². The summed E-state index contributed by atoms with van der Waals surface area (Å²) < 4.78 is 0. The summed E-state index contributed by atoms with van der Waals surface area (Å²) in [5, 5.41) is 7.21. The van der Waals surface area contributed by atoms with Crippen LogP contribution >= 0.6 is 11.3 Å². The first kappa shape index (κ1) is 18.9. The minimum atomic E-state index is -0.555. The van der Waals surface area contributed by atoms with Crippen molar-refractivity contribution in [2.45, 2.75) is 32.7 Å². The van der Waals surface area contributed by atoms with Gasteiger partial charge in [0.15, 0.2) is 5.78 Å². The number of ketones is 1. The van der Waals surface area contributed by atoms with Gasteiger partial charge in [-0.05, 0) is 42.5 Å². The highest BCUT2D eigenvalue weighted by Crippen LogP contribution is 2.29. The van der Waals surface area contributed by atoms with Crippen LogP contribution in [-0.4, -0.2) is 30.7 Å². The Labute approximate surface area is 151 Å². The Hall–Kier alpha value is -2.47. The van der Waals surface area contributed by atoms with E-state index in [1.54, 1.807) is 25.2 Å². The molecular formula is C19H22N2O3S. The number of hydrogen-bond acceptors (Lipinski definition) is 4. The fraction of sp³-hybridized carbons (Fsp3) is 0.316. The molecule has 1 atom stereocenters. The average molecular weight is 358 g/mol. The number of nitrogens with one attached hydrogen (secondary N) is 2. The maximum atomic E-state index is 12.5. The molecule has 1 heterocycles. The predicted molar refractivity (Wildman–Crippen MR) is 100.0 cm³/mol. The van der Waals surface area contributed by atoms with E-state index in [0.717, 1.165) is 17.5 Å². The first-order chi connectivity index (χ1) is 12.0. The monoisotopic (exact) mass is 358 g/mol. The molecule has 0 spiro atoms. The third-order valence-electron chi connectivity index (χ3n) is 3.87. The maximum absolute atomic E-state index is 12.5. The van der Waals surface area contributed by atoms with Gasteiger partial charge in [-0.1, -0.05) is 25.5 Å². The normalized spacial score (nSPS) is 11.6. The summed E-state index contributed by atoms with van der Waals surface area (Å²) in [6.45, 7) is 3.49. The van der Waals surface area contributed by atoms with Crippen molar-refractivity contribution in [1.82, 2.24) is 10.6 Å². The second kappa shape index (κ2) is 8.58. The van der Waals surface area contributed by atoms with E-state index in [2.05, 4.69) is 10.6 Å². The fourth-order valence-electron chi connectivity index (χ4n) is 2.61. The molecule has 0 fully saturated rings. The largest absolute Gasteiger partial charge is 0.357 e. The summed E-state index contributed by atoms with van der Waals surface area (Å²) in [6, 6.07) is 8.42. The van der Waals surface area contributed by atoms with Gasteiger partial charge in [-0.25, -0.2) is 0 Å². The first-order valence-electron chi connectivity index (χ1n) is 8.19. The highest BCUT2D eigenvalue weighted by atomic mass is 32.1. The summed E-state index contributed by atoms with van der Waals surface area (Å²) in [4.78, 5) is 36.8. The number of carbonyl (C=O) groups is 3. The van der Waals surface area contributed by atoms with Crippen molar-refractivity contribution in [3.8, 4) is 11.1 Å². The molecule has 0 aliphatic rings. The van der Waals surface area contributed by atoms with E-state index in [-0.39, 0.29) is 17.6 Å². The van der Waals surface area contributed by atoms with E-state index in [4.69, 9.17) is 0 Å². The number of likely N-dealkylation sites (N-methyl/N-ethyl adjacent to an activating group) is 1. The van der Waals surface area contributed by atoms with Crippen molar-refractivity contribution in [3.05, 3.63) is 46.2 Å². The molecule has 0 aliphatic heterocycles. The molecule has 5 nitrogen and oxygen atoms in total. The van der Waals surface area contributed by atoms with Crippen LogP contribution in [0.15, 0.2) is 35.7 Å². The average Bonchev–Trinajstić information content (AvgIpc) is 3.10. The summed E-state index contributed by atoms with van der Waals surface area (Å²) in [5.41, 5.74) is 2.10. The third-order valence-corrected chi connectivity index (χ3v) is 4.88. The lowest BCUT2D eigenvalue weighted by Crippen LogP contribution is -2.45. The number of amides is 2. The van der Waals surface area contributed by atoms with Gasteiger partial charge in [0.1, 0.15) is 6.04 Å². The van der Waals surface area contributed by atoms with Crippen LogP contribution in [0.25, 0.3) is 11.1 Å². The first-order valence-corrected chi connectivity index (χ1v) is 9.07. The van der Waals surface area contributed by atoms with Crippen LogP contribution in [0.3, 0.4) is 0 Å². The van der Waals surface area contributed by atoms with Crippen molar-refractivity contribution >= 4 is 28.9 Å². The van der Waals surface area contributed by atoms with Crippen LogP contribution in [0.2, 0.25) is 0 Å². The van der Waals surface area contributed by atoms with Gasteiger partial charge in [-0.15, -0.1) is 11.3 Å². The topological polar surface area (TPSA) is 75.3 Å². The summed E-state index contributed by atoms with van der Waals surface area (Å²) >= 11 is 1.39. The zero-order valence-electron chi connectivity index (χ0n) is 14.6. The van der Waals surface area contributed by atoms with E-state index < -0.39 is 6.04 Å². The minimum Gasteiger partial charge on any atom is -0.357 e. The molecule has 2 amide bonds. The van der Waals surface area contributed by atoms with Crippen LogP contribution in [0.1, 0.15) is 46.7 Å². The summed E-state index contributed by atoms with van der Waals surface area (Å²) in [5.74, 6) is -0.506. The minimum absolute atomic E-state index is 0.00230. The SMILES string of the molecule is CCC[C@H](NC(=O)c1cccc(-c2ccsc2C(C)=O)c1)C(=O)NC. The lowest BCUT2D eigenvalue weighted by atomic mass is 10.0. The van der Waals surface area contributed by atoms with Gasteiger partial charge >= 0.3 is 0 Å². The molecule has 0 saturated heterocycles. The highest BCUT2D eigenvalue weighted by molar-refractivity contribution is 7.12. The highest BCUT2D eigenvalue weighted by Gasteiger charge is 2.20. The van der Waals surface area contributed by atoms with Crippen LogP contribution in [-0.2, 0) is 4.79 Å². The second-order valence-corrected chi connectivity index (χ2v) is 6.65. The lowest BCUT2D eigenvalue weighted by molar-refractivity contribution is -0.122. The zero-order chi connectivity index (χ0) is 18.4. The van der Waals surface area contributed by atoms with Crippen molar-refractivity contribution < 1.29 is 14.4 Å². The number of Topliss-reactive ketones (excluding diaryl/α,β-unsaturated/α-hetero) is 1. The van der Waals surface area contributed by atoms with Gasteiger partial charge in [0.2, 0.25) is 5.91 Å². The molecule has 6 heteroatoms. The van der Waals surface area contributed by atoms with Gasteiger partial charge < -0.3 is 10.6 Å². The van der Waals surface area contributed by atoms with Crippen molar-refractivity contribution in [2.24, 2.45) is 0 Å². The van der Waals surface area contributed by atoms with Crippen molar-refractivity contribution in [1.29, 1.82) is 0 Å². The third kappa shape index (κ3) is 4.54. The molecule has 0 aliphatic carbocycles. The molecule has 0 bridgehead atoms. The lowest BCUT2D eigenvalue weighted by Gasteiger charge is -2.16. The number of thiophene rings is 1. The maximum Gasteiger partial charge on any atom is 0.251 e. The molecule has 132 valence electrons. The Morgan fingerprint density at radius 2 is 1.96 bits per heavy atom. The van der Waals surface area contributed by atoms with Crippen LogP contribution in [0, 0.1) is 0 Å². The number of hydrogen-bond donors (Lipinski definition) is 2. The van der Waals surface area contributed by atoms with E-state index >= 15 is 0 Å². The van der Waals surface area contributed by atoms with E-state index in [1.807, 2.05) is 24.4 Å². The molecule has 1 aromatic carbocycles. The Morgan fingerprint density at radius 3 is 2.60 bits per heavy atom. The molecule has 2 aromatic rings. The molecule has 1 aromatic heterocycles. The van der Waals surface area contributed by atoms with Gasteiger partial charge in [0.25, 0.3) is 5.91 Å². The van der Waals surface area contributed by atoms with Gasteiger partial charge in [0.05, 0.1) is 4.88 Å². The Balaban J connectivity index is 2.25. The molecule has 0 saturated carbocycles. The molecular weight excluding hydrogens is 336 g/mol. The van der Waals surface area contributed by atoms with Crippen LogP contribution < -0.4 is 10.6 Å². The summed E-state index contributed by atoms with van der Waals surface area (Å²) in [7, 11) is 1.55. The van der Waals surface area contributed by atoms with Gasteiger partial charge in [-0.2, -0.15) is 0 Å².